The van der Waals surface area contributed by atoms with Gasteiger partial charge in [-0.15, -0.1) is 17.9 Å². The molecule has 1 fully saturated rings. The number of benzene rings is 1. The maximum atomic E-state index is 13.1. The molecule has 0 spiro atoms. The van der Waals surface area contributed by atoms with Crippen LogP contribution in [-0.2, 0) is 26.1 Å². The number of nitrogens with zero attached hydrogens (tertiary/aromatic N) is 3. The number of hydrogen-bond acceptors (Lipinski definition) is 7. The van der Waals surface area contributed by atoms with Crippen LogP contribution in [0.2, 0.25) is 0 Å². The van der Waals surface area contributed by atoms with E-state index in [1.807, 2.05) is 4.57 Å². The molecular formula is C23H25N3O5S3. The molecule has 0 aliphatic carbocycles. The molecule has 3 heterocycles. The highest BCUT2D eigenvalue weighted by Crippen LogP contribution is 2.27. The van der Waals surface area contributed by atoms with Crippen molar-refractivity contribution in [3.05, 3.63) is 58.7 Å². The number of thiazole rings is 1. The minimum atomic E-state index is -3.61. The van der Waals surface area contributed by atoms with Gasteiger partial charge in [-0.05, 0) is 49.4 Å². The van der Waals surface area contributed by atoms with Crippen LogP contribution in [0.4, 0.5) is 0 Å². The fraction of sp³-hybridized carbons (Fsp3) is 0.348. The Kier molecular flexibility index (Phi) is 7.46. The first-order valence-electron chi connectivity index (χ1n) is 10.9. The second-order valence-electron chi connectivity index (χ2n) is 7.77. The first-order chi connectivity index (χ1) is 16.3. The van der Waals surface area contributed by atoms with Gasteiger partial charge in [-0.1, -0.05) is 23.5 Å². The van der Waals surface area contributed by atoms with Crippen molar-refractivity contribution in [2.75, 3.05) is 19.7 Å². The van der Waals surface area contributed by atoms with E-state index in [4.69, 9.17) is 4.74 Å². The van der Waals surface area contributed by atoms with Crippen molar-refractivity contribution in [3.8, 4) is 0 Å². The molecule has 1 aromatic carbocycles. The predicted octanol–water partition coefficient (Wildman–Crippen LogP) is 3.66. The Bertz CT molecular complexity index is 1390. The molecule has 4 rings (SSSR count). The minimum Gasteiger partial charge on any atom is -0.462 e. The Labute approximate surface area is 205 Å². The lowest BCUT2D eigenvalue weighted by molar-refractivity contribution is -0.122. The number of ether oxygens (including phenoxy) is 1. The molecule has 3 aromatic rings. The van der Waals surface area contributed by atoms with Gasteiger partial charge in [0.15, 0.2) is 4.80 Å². The molecular weight excluding hydrogens is 494 g/mol. The summed E-state index contributed by atoms with van der Waals surface area (Å²) in [7, 11) is -3.61. The average molecular weight is 520 g/mol. The second-order valence-corrected chi connectivity index (χ2v) is 11.9. The quantitative estimate of drug-likeness (QED) is 0.351. The molecule has 11 heteroatoms. The molecule has 0 saturated carbocycles. The third-order valence-corrected chi connectivity index (χ3v) is 9.81. The minimum absolute atomic E-state index is 0.113. The van der Waals surface area contributed by atoms with Crippen molar-refractivity contribution in [2.24, 2.45) is 10.9 Å². The smallest absolute Gasteiger partial charge is 0.338 e. The molecule has 1 aliphatic rings. The number of aromatic nitrogens is 1. The van der Waals surface area contributed by atoms with E-state index >= 15 is 0 Å². The summed E-state index contributed by atoms with van der Waals surface area (Å²) < 4.78 is 35.2. The van der Waals surface area contributed by atoms with Gasteiger partial charge >= 0.3 is 5.97 Å². The largest absolute Gasteiger partial charge is 0.462 e. The predicted molar refractivity (Wildman–Crippen MR) is 132 cm³/mol. The molecule has 180 valence electrons. The fourth-order valence-electron chi connectivity index (χ4n) is 3.89. The normalized spacial score (nSPS) is 17.7. The van der Waals surface area contributed by atoms with Crippen molar-refractivity contribution in [1.29, 1.82) is 0 Å². The van der Waals surface area contributed by atoms with Crippen LogP contribution < -0.4 is 4.80 Å². The number of allylic oxidation sites excluding steroid dienone is 1. The molecule has 1 saturated heterocycles. The zero-order valence-electron chi connectivity index (χ0n) is 18.7. The lowest BCUT2D eigenvalue weighted by Crippen LogP contribution is -2.42. The Balaban J connectivity index is 1.64. The number of piperidine rings is 1. The van der Waals surface area contributed by atoms with Gasteiger partial charge in [0.25, 0.3) is 15.9 Å². The van der Waals surface area contributed by atoms with Gasteiger partial charge in [0.1, 0.15) is 4.21 Å². The highest BCUT2D eigenvalue weighted by Gasteiger charge is 2.33. The third-order valence-electron chi connectivity index (χ3n) is 5.53. The molecule has 0 N–H and O–H groups in total. The van der Waals surface area contributed by atoms with Crippen molar-refractivity contribution in [3.63, 3.8) is 0 Å². The Morgan fingerprint density at radius 2 is 2.15 bits per heavy atom. The monoisotopic (exact) mass is 519 g/mol. The van der Waals surface area contributed by atoms with Crippen LogP contribution in [0.1, 0.15) is 30.1 Å². The zero-order chi connectivity index (χ0) is 24.3. The van der Waals surface area contributed by atoms with Crippen LogP contribution in [0.25, 0.3) is 10.2 Å². The van der Waals surface area contributed by atoms with Gasteiger partial charge in [0, 0.05) is 19.6 Å². The number of amides is 1. The molecule has 0 bridgehead atoms. The summed E-state index contributed by atoms with van der Waals surface area (Å²) in [4.78, 5) is 30.1. The summed E-state index contributed by atoms with van der Waals surface area (Å²) in [5.74, 6) is -1.26. The summed E-state index contributed by atoms with van der Waals surface area (Å²) in [6, 6.07) is 8.51. The van der Waals surface area contributed by atoms with E-state index in [0.717, 1.165) is 10.2 Å². The summed E-state index contributed by atoms with van der Waals surface area (Å²) in [5.41, 5.74) is 1.26. The number of carbonyl (C=O) groups excluding carboxylic acids is 2. The molecule has 1 atom stereocenters. The van der Waals surface area contributed by atoms with Gasteiger partial charge in [0.05, 0.1) is 28.3 Å². The number of fused-ring (bicyclic) bond motifs is 1. The van der Waals surface area contributed by atoms with Gasteiger partial charge in [-0.2, -0.15) is 9.30 Å². The Hall–Kier alpha value is -2.60. The summed E-state index contributed by atoms with van der Waals surface area (Å²) >= 11 is 2.47. The van der Waals surface area contributed by atoms with E-state index in [2.05, 4.69) is 11.6 Å². The maximum Gasteiger partial charge on any atom is 0.338 e. The van der Waals surface area contributed by atoms with E-state index in [1.54, 1.807) is 48.7 Å². The molecule has 8 nitrogen and oxygen atoms in total. The number of sulfonamides is 1. The van der Waals surface area contributed by atoms with E-state index < -0.39 is 21.9 Å². The number of thiophene rings is 1. The van der Waals surface area contributed by atoms with Crippen LogP contribution in [0.3, 0.4) is 0 Å². The van der Waals surface area contributed by atoms with Gasteiger partial charge < -0.3 is 9.30 Å². The number of rotatable bonds is 7. The Morgan fingerprint density at radius 3 is 2.85 bits per heavy atom. The van der Waals surface area contributed by atoms with E-state index in [-0.39, 0.29) is 23.3 Å². The molecule has 1 unspecified atom stereocenters. The van der Waals surface area contributed by atoms with E-state index in [9.17, 15) is 18.0 Å². The number of esters is 1. The number of hydrogen-bond donors (Lipinski definition) is 0. The van der Waals surface area contributed by atoms with Crippen molar-refractivity contribution in [2.45, 2.75) is 30.5 Å². The van der Waals surface area contributed by atoms with Gasteiger partial charge in [0.2, 0.25) is 0 Å². The van der Waals surface area contributed by atoms with Crippen LogP contribution in [0.5, 0.6) is 0 Å². The van der Waals surface area contributed by atoms with Crippen LogP contribution >= 0.6 is 22.7 Å². The van der Waals surface area contributed by atoms with Gasteiger partial charge in [-0.3, -0.25) is 4.79 Å². The fourth-order valence-corrected chi connectivity index (χ4v) is 7.64. The SMILES string of the molecule is C=CCn1c(=NC(=O)C2CCCN(S(=O)(=O)c3cccs3)C2)sc2cc(C(=O)OCC)ccc21. The van der Waals surface area contributed by atoms with Crippen molar-refractivity contribution < 1.29 is 22.7 Å². The van der Waals surface area contributed by atoms with Gasteiger partial charge in [-0.25, -0.2) is 13.2 Å². The summed E-state index contributed by atoms with van der Waals surface area (Å²) in [6.07, 6.45) is 2.89. The topological polar surface area (TPSA) is 98.0 Å². The highest BCUT2D eigenvalue weighted by molar-refractivity contribution is 7.91. The molecule has 2 aromatic heterocycles. The lowest BCUT2D eigenvalue weighted by Gasteiger charge is -2.29. The first kappa shape index (κ1) is 24.5. The highest BCUT2D eigenvalue weighted by atomic mass is 32.2. The van der Waals surface area contributed by atoms with Crippen molar-refractivity contribution in [1.82, 2.24) is 8.87 Å². The van der Waals surface area contributed by atoms with Crippen molar-refractivity contribution >= 4 is 54.8 Å². The maximum absolute atomic E-state index is 13.1. The van der Waals surface area contributed by atoms with Crippen LogP contribution in [0.15, 0.2) is 57.6 Å². The second kappa shape index (κ2) is 10.3. The average Bonchev–Trinajstić information content (AvgIpc) is 3.49. The zero-order valence-corrected chi connectivity index (χ0v) is 21.1. The molecule has 34 heavy (non-hydrogen) atoms. The molecule has 1 aliphatic heterocycles. The van der Waals surface area contributed by atoms with E-state index in [1.165, 1.54) is 27.0 Å². The summed E-state index contributed by atoms with van der Waals surface area (Å²) in [6.45, 7) is 6.77. The molecule has 0 radical (unpaired) electrons. The van der Waals surface area contributed by atoms with Crippen LogP contribution in [0, 0.1) is 5.92 Å². The third kappa shape index (κ3) is 4.92. The summed E-state index contributed by atoms with van der Waals surface area (Å²) in [5, 5.41) is 1.72. The number of carbonyl (C=O) groups is 2. The first-order valence-corrected chi connectivity index (χ1v) is 14.0. The van der Waals surface area contributed by atoms with E-state index in [0.29, 0.717) is 36.3 Å². The standard InChI is InChI=1S/C23H25N3O5S3/c1-3-11-26-18-10-9-16(22(28)31-4-2)14-19(18)33-23(26)24-21(27)17-7-5-12-25(15-17)34(29,30)20-8-6-13-32-20/h3,6,8-10,13-14,17H,1,4-5,7,11-12,15H2,2H3. The molecule has 1 amide bonds. The Morgan fingerprint density at radius 1 is 1.32 bits per heavy atom. The lowest BCUT2D eigenvalue weighted by atomic mass is 9.99. The van der Waals surface area contributed by atoms with Crippen LogP contribution in [-0.4, -0.2) is 48.9 Å².